The first-order chi connectivity index (χ1) is 10.6. The predicted molar refractivity (Wildman–Crippen MR) is 86.1 cm³/mol. The van der Waals surface area contributed by atoms with Crippen LogP contribution >= 0.6 is 11.6 Å². The first-order valence-corrected chi connectivity index (χ1v) is 7.77. The minimum absolute atomic E-state index is 0.0505. The largest absolute Gasteiger partial charge is 0.344 e. The molecule has 5 nitrogen and oxygen atoms in total. The Kier molecular flexibility index (Phi) is 4.45. The molecule has 1 aromatic carbocycles. The number of hydrogen-bond donors (Lipinski definition) is 0. The Morgan fingerprint density at radius 2 is 1.95 bits per heavy atom. The van der Waals surface area contributed by atoms with E-state index >= 15 is 0 Å². The Labute approximate surface area is 135 Å². The van der Waals surface area contributed by atoms with E-state index in [2.05, 4.69) is 10.00 Å². The maximum atomic E-state index is 12.3. The van der Waals surface area contributed by atoms with E-state index in [0.29, 0.717) is 13.1 Å². The average molecular weight is 319 g/mol. The second kappa shape index (κ2) is 6.50. The van der Waals surface area contributed by atoms with Gasteiger partial charge in [0.2, 0.25) is 0 Å². The predicted octanol–water partition coefficient (Wildman–Crippen LogP) is 2.63. The Bertz CT molecular complexity index is 662. The summed E-state index contributed by atoms with van der Waals surface area (Å²) in [4.78, 5) is 16.5. The molecule has 2 aromatic rings. The smallest absolute Gasteiger partial charge is 0.320 e. The van der Waals surface area contributed by atoms with Crippen molar-refractivity contribution in [3.8, 4) is 0 Å². The molecule has 1 aliphatic heterocycles. The van der Waals surface area contributed by atoms with Gasteiger partial charge in [0.1, 0.15) is 0 Å². The minimum Gasteiger partial charge on any atom is -0.320 e. The molecule has 0 unspecified atom stereocenters. The van der Waals surface area contributed by atoms with E-state index in [4.69, 9.17) is 11.6 Å². The summed E-state index contributed by atoms with van der Waals surface area (Å²) >= 11 is 6.20. The van der Waals surface area contributed by atoms with Gasteiger partial charge in [-0.25, -0.2) is 4.79 Å². The van der Waals surface area contributed by atoms with Gasteiger partial charge < -0.3 is 4.90 Å². The number of piperazine rings is 1. The average Bonchev–Trinajstić information content (AvgIpc) is 2.96. The standard InChI is InChI=1S/C16H19ClN4O/c1-13-10-18-21(11-13)16(22)20-8-6-19(7-9-20)12-14-4-2-3-5-15(14)17/h2-5,10-11H,6-9,12H2,1H3. The molecule has 22 heavy (non-hydrogen) atoms. The molecule has 0 saturated carbocycles. The Balaban J connectivity index is 1.56. The van der Waals surface area contributed by atoms with Crippen LogP contribution in [0.4, 0.5) is 4.79 Å². The molecule has 2 heterocycles. The molecular weight excluding hydrogens is 300 g/mol. The zero-order valence-electron chi connectivity index (χ0n) is 12.6. The summed E-state index contributed by atoms with van der Waals surface area (Å²) in [5, 5.41) is 4.88. The van der Waals surface area contributed by atoms with Crippen LogP contribution in [0.15, 0.2) is 36.7 Å². The molecule has 0 aliphatic carbocycles. The summed E-state index contributed by atoms with van der Waals surface area (Å²) in [6.07, 6.45) is 3.46. The van der Waals surface area contributed by atoms with Crippen LogP contribution in [0, 0.1) is 6.92 Å². The number of carbonyl (C=O) groups is 1. The molecule has 0 radical (unpaired) electrons. The fraction of sp³-hybridized carbons (Fsp3) is 0.375. The van der Waals surface area contributed by atoms with E-state index < -0.39 is 0 Å². The van der Waals surface area contributed by atoms with E-state index in [0.717, 1.165) is 35.8 Å². The Morgan fingerprint density at radius 1 is 1.23 bits per heavy atom. The van der Waals surface area contributed by atoms with Gasteiger partial charge in [-0.3, -0.25) is 4.90 Å². The lowest BCUT2D eigenvalue weighted by molar-refractivity contribution is 0.134. The Hall–Kier alpha value is -1.85. The first-order valence-electron chi connectivity index (χ1n) is 7.40. The van der Waals surface area contributed by atoms with Crippen LogP contribution in [0.3, 0.4) is 0 Å². The molecule has 0 atom stereocenters. The maximum Gasteiger partial charge on any atom is 0.344 e. The van der Waals surface area contributed by atoms with Gasteiger partial charge in [-0.15, -0.1) is 0 Å². The number of aromatic nitrogens is 2. The lowest BCUT2D eigenvalue weighted by atomic mass is 10.2. The van der Waals surface area contributed by atoms with Gasteiger partial charge in [0.15, 0.2) is 0 Å². The van der Waals surface area contributed by atoms with Crippen molar-refractivity contribution in [2.75, 3.05) is 26.2 Å². The molecule has 0 spiro atoms. The fourth-order valence-corrected chi connectivity index (χ4v) is 2.82. The lowest BCUT2D eigenvalue weighted by Gasteiger charge is -2.34. The lowest BCUT2D eigenvalue weighted by Crippen LogP contribution is -2.49. The third-order valence-electron chi connectivity index (χ3n) is 3.90. The Morgan fingerprint density at radius 3 is 2.59 bits per heavy atom. The summed E-state index contributed by atoms with van der Waals surface area (Å²) in [6.45, 7) is 5.86. The zero-order valence-corrected chi connectivity index (χ0v) is 13.3. The summed E-state index contributed by atoms with van der Waals surface area (Å²) in [5.74, 6) is 0. The molecule has 1 aliphatic rings. The molecule has 1 amide bonds. The number of benzene rings is 1. The van der Waals surface area contributed by atoms with Gasteiger partial charge in [0, 0.05) is 43.9 Å². The monoisotopic (exact) mass is 318 g/mol. The number of halogens is 1. The minimum atomic E-state index is -0.0505. The van der Waals surface area contributed by atoms with E-state index in [1.165, 1.54) is 4.68 Å². The van der Waals surface area contributed by atoms with Gasteiger partial charge in [-0.1, -0.05) is 29.8 Å². The van der Waals surface area contributed by atoms with Crippen molar-refractivity contribution < 1.29 is 4.79 Å². The molecule has 1 fully saturated rings. The number of hydrogen-bond acceptors (Lipinski definition) is 3. The molecule has 0 N–H and O–H groups in total. The van der Waals surface area contributed by atoms with Crippen molar-refractivity contribution in [1.82, 2.24) is 19.6 Å². The van der Waals surface area contributed by atoms with Crippen molar-refractivity contribution >= 4 is 17.6 Å². The first kappa shape index (κ1) is 15.1. The van der Waals surface area contributed by atoms with E-state index in [9.17, 15) is 4.79 Å². The van der Waals surface area contributed by atoms with Crippen LogP contribution in [0.25, 0.3) is 0 Å². The van der Waals surface area contributed by atoms with Crippen LogP contribution in [0.1, 0.15) is 11.1 Å². The number of carbonyl (C=O) groups excluding carboxylic acids is 1. The highest BCUT2D eigenvalue weighted by atomic mass is 35.5. The number of nitrogens with zero attached hydrogens (tertiary/aromatic N) is 4. The topological polar surface area (TPSA) is 41.4 Å². The van der Waals surface area contributed by atoms with Gasteiger partial charge in [-0.05, 0) is 24.1 Å². The number of rotatable bonds is 2. The summed E-state index contributed by atoms with van der Waals surface area (Å²) < 4.78 is 1.42. The fourth-order valence-electron chi connectivity index (χ4n) is 2.63. The van der Waals surface area contributed by atoms with Crippen molar-refractivity contribution in [2.45, 2.75) is 13.5 Å². The van der Waals surface area contributed by atoms with Gasteiger partial charge >= 0.3 is 6.03 Å². The number of aryl methyl sites for hydroxylation is 1. The van der Waals surface area contributed by atoms with Crippen LogP contribution in [0.5, 0.6) is 0 Å². The SMILES string of the molecule is Cc1cnn(C(=O)N2CCN(Cc3ccccc3Cl)CC2)c1. The van der Waals surface area contributed by atoms with E-state index in [1.807, 2.05) is 36.1 Å². The van der Waals surface area contributed by atoms with Crippen molar-refractivity contribution in [2.24, 2.45) is 0 Å². The van der Waals surface area contributed by atoms with Crippen molar-refractivity contribution in [3.63, 3.8) is 0 Å². The molecule has 1 aromatic heterocycles. The third kappa shape index (κ3) is 3.31. The molecule has 0 bridgehead atoms. The zero-order chi connectivity index (χ0) is 15.5. The highest BCUT2D eigenvalue weighted by Crippen LogP contribution is 2.18. The van der Waals surface area contributed by atoms with Crippen LogP contribution in [0.2, 0.25) is 5.02 Å². The maximum absolute atomic E-state index is 12.3. The van der Waals surface area contributed by atoms with Crippen LogP contribution in [-0.4, -0.2) is 51.8 Å². The van der Waals surface area contributed by atoms with Crippen LogP contribution in [-0.2, 0) is 6.54 Å². The second-order valence-corrected chi connectivity index (χ2v) is 6.01. The van der Waals surface area contributed by atoms with Crippen molar-refractivity contribution in [1.29, 1.82) is 0 Å². The molecular formula is C16H19ClN4O. The summed E-state index contributed by atoms with van der Waals surface area (Å²) in [5.41, 5.74) is 2.12. The van der Waals surface area contributed by atoms with E-state index in [-0.39, 0.29) is 6.03 Å². The quantitative estimate of drug-likeness (QED) is 0.854. The normalized spacial score (nSPS) is 16.0. The summed E-state index contributed by atoms with van der Waals surface area (Å²) in [7, 11) is 0. The van der Waals surface area contributed by atoms with Crippen LogP contribution < -0.4 is 0 Å². The highest BCUT2D eigenvalue weighted by molar-refractivity contribution is 6.31. The molecule has 1 saturated heterocycles. The third-order valence-corrected chi connectivity index (χ3v) is 4.27. The molecule has 6 heteroatoms. The van der Waals surface area contributed by atoms with E-state index in [1.54, 1.807) is 12.4 Å². The van der Waals surface area contributed by atoms with Gasteiger partial charge in [0.05, 0.1) is 6.20 Å². The molecule has 116 valence electrons. The van der Waals surface area contributed by atoms with Gasteiger partial charge in [0.25, 0.3) is 0 Å². The number of amides is 1. The van der Waals surface area contributed by atoms with Crippen molar-refractivity contribution in [3.05, 3.63) is 52.8 Å². The second-order valence-electron chi connectivity index (χ2n) is 5.60. The highest BCUT2D eigenvalue weighted by Gasteiger charge is 2.22. The molecule has 3 rings (SSSR count). The van der Waals surface area contributed by atoms with Gasteiger partial charge in [-0.2, -0.15) is 9.78 Å². The summed E-state index contributed by atoms with van der Waals surface area (Å²) in [6, 6.07) is 7.85.